The maximum Gasteiger partial charge on any atom is 0.241 e. The molecule has 3 heteroatoms. The molecule has 0 fully saturated rings. The zero-order chi connectivity index (χ0) is 10.7. The molecule has 0 heterocycles. The van der Waals surface area contributed by atoms with Gasteiger partial charge in [0.05, 0.1) is 0 Å². The van der Waals surface area contributed by atoms with Crippen LogP contribution in [0.1, 0.15) is 16.7 Å². The van der Waals surface area contributed by atoms with Gasteiger partial charge in [-0.2, -0.15) is 0 Å². The quantitative estimate of drug-likeness (QED) is 0.810. The van der Waals surface area contributed by atoms with Crippen molar-refractivity contribution in [3.8, 4) is 0 Å². The second-order valence-electron chi connectivity index (χ2n) is 3.19. The van der Waals surface area contributed by atoms with Crippen molar-refractivity contribution in [3.05, 3.63) is 39.4 Å². The van der Waals surface area contributed by atoms with Crippen molar-refractivity contribution in [1.29, 1.82) is 0 Å². The number of primary amides is 1. The molecule has 1 aromatic rings. The zero-order valence-corrected chi connectivity index (χ0v) is 9.76. The number of nitrogens with two attached hydrogens (primary N) is 1. The Morgan fingerprint density at radius 2 is 1.86 bits per heavy atom. The SMILES string of the molecule is Cc1cc(Br)cc(C)c1C=CC(N)=O. The first-order valence-corrected chi connectivity index (χ1v) is 5.04. The summed E-state index contributed by atoms with van der Waals surface area (Å²) in [6.45, 7) is 4.00. The summed E-state index contributed by atoms with van der Waals surface area (Å²) in [5.41, 5.74) is 8.32. The summed E-state index contributed by atoms with van der Waals surface area (Å²) in [5, 5.41) is 0. The van der Waals surface area contributed by atoms with E-state index in [-0.39, 0.29) is 0 Å². The van der Waals surface area contributed by atoms with Crippen molar-refractivity contribution in [2.75, 3.05) is 0 Å². The normalized spacial score (nSPS) is 10.8. The zero-order valence-electron chi connectivity index (χ0n) is 8.17. The van der Waals surface area contributed by atoms with Gasteiger partial charge in [0.25, 0.3) is 0 Å². The minimum atomic E-state index is -0.424. The summed E-state index contributed by atoms with van der Waals surface area (Å²) in [5.74, 6) is -0.424. The van der Waals surface area contributed by atoms with Crippen LogP contribution in [0.5, 0.6) is 0 Å². The lowest BCUT2D eigenvalue weighted by molar-refractivity contribution is -0.113. The van der Waals surface area contributed by atoms with Gasteiger partial charge in [-0.05, 0) is 48.7 Å². The number of aryl methyl sites for hydroxylation is 2. The predicted molar refractivity (Wildman–Crippen MR) is 61.8 cm³/mol. The van der Waals surface area contributed by atoms with Crippen LogP contribution in [0, 0.1) is 13.8 Å². The van der Waals surface area contributed by atoms with Crippen molar-refractivity contribution in [2.45, 2.75) is 13.8 Å². The van der Waals surface area contributed by atoms with Gasteiger partial charge < -0.3 is 5.73 Å². The van der Waals surface area contributed by atoms with E-state index in [1.165, 1.54) is 6.08 Å². The minimum absolute atomic E-state index is 0.424. The number of hydrogen-bond donors (Lipinski definition) is 1. The van der Waals surface area contributed by atoms with Crippen molar-refractivity contribution in [3.63, 3.8) is 0 Å². The Bertz CT molecular complexity index is 373. The van der Waals surface area contributed by atoms with E-state index in [4.69, 9.17) is 5.73 Å². The van der Waals surface area contributed by atoms with Gasteiger partial charge in [0, 0.05) is 10.5 Å². The van der Waals surface area contributed by atoms with Gasteiger partial charge in [-0.3, -0.25) is 4.79 Å². The Balaban J connectivity index is 3.15. The smallest absolute Gasteiger partial charge is 0.241 e. The second kappa shape index (κ2) is 4.42. The summed E-state index contributed by atoms with van der Waals surface area (Å²) in [7, 11) is 0. The van der Waals surface area contributed by atoms with Crippen LogP contribution in [0.2, 0.25) is 0 Å². The molecule has 1 rings (SSSR count). The highest BCUT2D eigenvalue weighted by Gasteiger charge is 2.00. The Morgan fingerprint density at radius 1 is 1.36 bits per heavy atom. The van der Waals surface area contributed by atoms with E-state index in [1.807, 2.05) is 26.0 Å². The molecule has 0 bridgehead atoms. The third-order valence-corrected chi connectivity index (χ3v) is 2.43. The molecule has 0 radical (unpaired) electrons. The fraction of sp³-hybridized carbons (Fsp3) is 0.182. The van der Waals surface area contributed by atoms with E-state index < -0.39 is 5.91 Å². The maximum absolute atomic E-state index is 10.6. The fourth-order valence-corrected chi connectivity index (χ4v) is 2.04. The Labute approximate surface area is 91.9 Å². The van der Waals surface area contributed by atoms with Gasteiger partial charge in [0.1, 0.15) is 0 Å². The van der Waals surface area contributed by atoms with Crippen LogP contribution in [-0.2, 0) is 4.79 Å². The van der Waals surface area contributed by atoms with Crippen LogP contribution in [0.3, 0.4) is 0 Å². The van der Waals surface area contributed by atoms with Gasteiger partial charge in [-0.15, -0.1) is 0 Å². The molecule has 0 aliphatic heterocycles. The molecule has 1 aromatic carbocycles. The van der Waals surface area contributed by atoms with E-state index >= 15 is 0 Å². The van der Waals surface area contributed by atoms with E-state index in [2.05, 4.69) is 15.9 Å². The van der Waals surface area contributed by atoms with Gasteiger partial charge in [-0.25, -0.2) is 0 Å². The number of hydrogen-bond acceptors (Lipinski definition) is 1. The first-order valence-electron chi connectivity index (χ1n) is 4.25. The molecule has 0 aliphatic carbocycles. The number of halogens is 1. The summed E-state index contributed by atoms with van der Waals surface area (Å²) in [6.07, 6.45) is 3.13. The molecule has 14 heavy (non-hydrogen) atoms. The number of amides is 1. The summed E-state index contributed by atoms with van der Waals surface area (Å²) >= 11 is 3.41. The monoisotopic (exact) mass is 253 g/mol. The minimum Gasteiger partial charge on any atom is -0.366 e. The van der Waals surface area contributed by atoms with Gasteiger partial charge in [0.2, 0.25) is 5.91 Å². The lowest BCUT2D eigenvalue weighted by Crippen LogP contribution is -2.05. The number of carbonyl (C=O) groups is 1. The molecule has 2 nitrogen and oxygen atoms in total. The highest BCUT2D eigenvalue weighted by molar-refractivity contribution is 9.10. The number of carbonyl (C=O) groups excluding carboxylic acids is 1. The topological polar surface area (TPSA) is 43.1 Å². The van der Waals surface area contributed by atoms with Crippen LogP contribution >= 0.6 is 15.9 Å². The fourth-order valence-electron chi connectivity index (χ4n) is 1.35. The highest BCUT2D eigenvalue weighted by Crippen LogP contribution is 2.21. The van der Waals surface area contributed by atoms with Gasteiger partial charge in [-0.1, -0.05) is 15.9 Å². The second-order valence-corrected chi connectivity index (χ2v) is 4.10. The van der Waals surface area contributed by atoms with Crippen LogP contribution in [-0.4, -0.2) is 5.91 Å². The van der Waals surface area contributed by atoms with Crippen LogP contribution in [0.15, 0.2) is 22.7 Å². The van der Waals surface area contributed by atoms with Crippen LogP contribution in [0.25, 0.3) is 6.08 Å². The van der Waals surface area contributed by atoms with Crippen molar-refractivity contribution in [1.82, 2.24) is 0 Å². The lowest BCUT2D eigenvalue weighted by Gasteiger charge is -2.05. The molecular formula is C11H12BrNO. The van der Waals surface area contributed by atoms with E-state index in [1.54, 1.807) is 6.08 Å². The van der Waals surface area contributed by atoms with Crippen LogP contribution < -0.4 is 5.73 Å². The van der Waals surface area contributed by atoms with Crippen molar-refractivity contribution in [2.24, 2.45) is 5.73 Å². The molecule has 74 valence electrons. The third-order valence-electron chi connectivity index (χ3n) is 1.97. The first kappa shape index (κ1) is 11.0. The number of benzene rings is 1. The number of rotatable bonds is 2. The van der Waals surface area contributed by atoms with E-state index in [0.717, 1.165) is 21.2 Å². The highest BCUT2D eigenvalue weighted by atomic mass is 79.9. The molecule has 0 aliphatic rings. The molecule has 2 N–H and O–H groups in total. The molecule has 0 unspecified atom stereocenters. The summed E-state index contributed by atoms with van der Waals surface area (Å²) in [6, 6.07) is 4.02. The van der Waals surface area contributed by atoms with E-state index in [0.29, 0.717) is 0 Å². The van der Waals surface area contributed by atoms with E-state index in [9.17, 15) is 4.79 Å². The summed E-state index contributed by atoms with van der Waals surface area (Å²) in [4.78, 5) is 10.6. The molecule has 0 atom stereocenters. The average Bonchev–Trinajstić information content (AvgIpc) is 2.01. The standard InChI is InChI=1S/C11H12BrNO/c1-7-5-9(12)6-8(2)10(7)3-4-11(13)14/h3-6H,1-2H3,(H2,13,14). The average molecular weight is 254 g/mol. The molecule has 0 spiro atoms. The summed E-state index contributed by atoms with van der Waals surface area (Å²) < 4.78 is 1.05. The van der Waals surface area contributed by atoms with Crippen molar-refractivity contribution < 1.29 is 4.79 Å². The third kappa shape index (κ3) is 2.70. The largest absolute Gasteiger partial charge is 0.366 e. The Morgan fingerprint density at radius 3 is 2.29 bits per heavy atom. The molecular weight excluding hydrogens is 242 g/mol. The van der Waals surface area contributed by atoms with Crippen LogP contribution in [0.4, 0.5) is 0 Å². The Hall–Kier alpha value is -1.09. The predicted octanol–water partition coefficient (Wildman–Crippen LogP) is 2.56. The lowest BCUT2D eigenvalue weighted by atomic mass is 10.0. The van der Waals surface area contributed by atoms with Crippen molar-refractivity contribution >= 4 is 27.9 Å². The van der Waals surface area contributed by atoms with Gasteiger partial charge >= 0.3 is 0 Å². The first-order chi connectivity index (χ1) is 6.50. The van der Waals surface area contributed by atoms with Gasteiger partial charge in [0.15, 0.2) is 0 Å². The maximum atomic E-state index is 10.6. The Kier molecular flexibility index (Phi) is 3.47. The molecule has 1 amide bonds. The molecule has 0 saturated carbocycles. The molecule has 0 saturated heterocycles. The molecule has 0 aromatic heterocycles.